The number of esters is 1. The number of Topliss-reactive ketones (excluding diaryl/α,β-unsaturated/α-hetero) is 1. The van der Waals surface area contributed by atoms with E-state index in [0.29, 0.717) is 5.56 Å². The summed E-state index contributed by atoms with van der Waals surface area (Å²) in [4.78, 5) is 23.6. The van der Waals surface area contributed by atoms with Crippen LogP contribution >= 0.6 is 11.6 Å². The van der Waals surface area contributed by atoms with Crippen LogP contribution in [0.1, 0.15) is 20.7 Å². The van der Waals surface area contributed by atoms with E-state index in [0.717, 1.165) is 6.07 Å². The Balaban J connectivity index is 2.14. The molecule has 23 heavy (non-hydrogen) atoms. The Labute approximate surface area is 137 Å². The van der Waals surface area contributed by atoms with Gasteiger partial charge in [0, 0.05) is 5.56 Å². The van der Waals surface area contributed by atoms with Crippen molar-refractivity contribution in [1.29, 1.82) is 0 Å². The van der Waals surface area contributed by atoms with Gasteiger partial charge in [-0.1, -0.05) is 41.9 Å². The first-order valence-electron chi connectivity index (χ1n) is 6.37. The molecule has 0 heterocycles. The van der Waals surface area contributed by atoms with Gasteiger partial charge in [0.1, 0.15) is 0 Å². The maximum atomic E-state index is 12.0. The first-order chi connectivity index (χ1) is 10.8. The normalized spacial score (nSPS) is 11.0. The van der Waals surface area contributed by atoms with E-state index in [9.17, 15) is 18.0 Å². The number of rotatable bonds is 5. The molecule has 0 fully saturated rings. The lowest BCUT2D eigenvalue weighted by atomic mass is 10.1. The predicted molar refractivity (Wildman–Crippen MR) is 83.9 cm³/mol. The maximum Gasteiger partial charge on any atom is 0.340 e. The molecular formula is C15H12ClNO5S. The molecule has 0 spiro atoms. The number of sulfonamides is 1. The lowest BCUT2D eigenvalue weighted by Gasteiger charge is -2.07. The third kappa shape index (κ3) is 4.38. The van der Waals surface area contributed by atoms with E-state index < -0.39 is 28.4 Å². The molecule has 0 aromatic heterocycles. The largest absolute Gasteiger partial charge is 0.454 e. The molecule has 0 aliphatic carbocycles. The molecule has 6 nitrogen and oxygen atoms in total. The zero-order chi connectivity index (χ0) is 17.0. The second-order valence-corrected chi connectivity index (χ2v) is 6.52. The van der Waals surface area contributed by atoms with Gasteiger partial charge in [0.25, 0.3) is 0 Å². The molecular weight excluding hydrogens is 342 g/mol. The van der Waals surface area contributed by atoms with Gasteiger partial charge in [0.15, 0.2) is 12.4 Å². The summed E-state index contributed by atoms with van der Waals surface area (Å²) in [5.74, 6) is -1.30. The van der Waals surface area contributed by atoms with Crippen molar-refractivity contribution in [1.82, 2.24) is 0 Å². The lowest BCUT2D eigenvalue weighted by Crippen LogP contribution is -2.16. The van der Waals surface area contributed by atoms with Crippen LogP contribution in [-0.2, 0) is 14.8 Å². The molecule has 2 N–H and O–H groups in total. The topological polar surface area (TPSA) is 104 Å². The standard InChI is InChI=1S/C15H12ClNO5S/c16-13-7-6-11(23(17,20)21)8-12(13)15(19)22-9-14(18)10-4-2-1-3-5-10/h1-8H,9H2,(H2,17,20,21). The summed E-state index contributed by atoms with van der Waals surface area (Å²) in [6.07, 6.45) is 0. The lowest BCUT2D eigenvalue weighted by molar-refractivity contribution is 0.0474. The number of benzene rings is 2. The van der Waals surface area contributed by atoms with E-state index in [-0.39, 0.29) is 15.5 Å². The Morgan fingerprint density at radius 3 is 2.35 bits per heavy atom. The van der Waals surface area contributed by atoms with Crippen LogP contribution in [0.3, 0.4) is 0 Å². The number of ether oxygens (including phenoxy) is 1. The number of nitrogens with two attached hydrogens (primary N) is 1. The van der Waals surface area contributed by atoms with Gasteiger partial charge < -0.3 is 4.74 Å². The van der Waals surface area contributed by atoms with Crippen molar-refractivity contribution in [2.24, 2.45) is 5.14 Å². The van der Waals surface area contributed by atoms with Crippen LogP contribution in [0.5, 0.6) is 0 Å². The molecule has 0 unspecified atom stereocenters. The number of carbonyl (C=O) groups excluding carboxylic acids is 2. The Hall–Kier alpha value is -2.22. The second kappa shape index (κ2) is 6.91. The van der Waals surface area contributed by atoms with Gasteiger partial charge in [-0.2, -0.15) is 0 Å². The number of ketones is 1. The van der Waals surface area contributed by atoms with Crippen molar-refractivity contribution in [2.45, 2.75) is 4.90 Å². The average Bonchev–Trinajstić information content (AvgIpc) is 2.52. The van der Waals surface area contributed by atoms with Crippen molar-refractivity contribution >= 4 is 33.4 Å². The quantitative estimate of drug-likeness (QED) is 0.654. The second-order valence-electron chi connectivity index (χ2n) is 4.55. The average molecular weight is 354 g/mol. The molecule has 0 aliphatic rings. The summed E-state index contributed by atoms with van der Waals surface area (Å²) in [6.45, 7) is -0.487. The van der Waals surface area contributed by atoms with Crippen LogP contribution in [0.4, 0.5) is 0 Å². The number of primary sulfonamides is 1. The first kappa shape index (κ1) is 17.1. The molecule has 0 saturated heterocycles. The van der Waals surface area contributed by atoms with Crippen molar-refractivity contribution in [2.75, 3.05) is 6.61 Å². The molecule has 2 rings (SSSR count). The zero-order valence-electron chi connectivity index (χ0n) is 11.7. The van der Waals surface area contributed by atoms with E-state index in [2.05, 4.69) is 0 Å². The van der Waals surface area contributed by atoms with E-state index in [1.807, 2.05) is 0 Å². The highest BCUT2D eigenvalue weighted by Gasteiger charge is 2.18. The Morgan fingerprint density at radius 1 is 1.09 bits per heavy atom. The van der Waals surface area contributed by atoms with Crippen molar-refractivity contribution < 1.29 is 22.7 Å². The van der Waals surface area contributed by atoms with Gasteiger partial charge in [-0.3, -0.25) is 4.79 Å². The van der Waals surface area contributed by atoms with Crippen molar-refractivity contribution in [3.05, 3.63) is 64.7 Å². The van der Waals surface area contributed by atoms with Gasteiger partial charge in [0.05, 0.1) is 15.5 Å². The molecule has 0 radical (unpaired) electrons. The molecule has 8 heteroatoms. The van der Waals surface area contributed by atoms with Gasteiger partial charge in [0.2, 0.25) is 10.0 Å². The van der Waals surface area contributed by atoms with Gasteiger partial charge in [-0.15, -0.1) is 0 Å². The van der Waals surface area contributed by atoms with Gasteiger partial charge in [-0.25, -0.2) is 18.4 Å². The fourth-order valence-corrected chi connectivity index (χ4v) is 2.49. The fourth-order valence-electron chi connectivity index (χ4n) is 1.75. The zero-order valence-corrected chi connectivity index (χ0v) is 13.3. The SMILES string of the molecule is NS(=O)(=O)c1ccc(Cl)c(C(=O)OCC(=O)c2ccccc2)c1. The summed E-state index contributed by atoms with van der Waals surface area (Å²) in [7, 11) is -3.98. The monoisotopic (exact) mass is 353 g/mol. The van der Waals surface area contributed by atoms with E-state index in [4.69, 9.17) is 21.5 Å². The summed E-state index contributed by atoms with van der Waals surface area (Å²) >= 11 is 5.85. The fraction of sp³-hybridized carbons (Fsp3) is 0.0667. The molecule has 0 aliphatic heterocycles. The highest BCUT2D eigenvalue weighted by Crippen LogP contribution is 2.20. The molecule has 120 valence electrons. The predicted octanol–water partition coefficient (Wildman–Crippen LogP) is 2.03. The van der Waals surface area contributed by atoms with Gasteiger partial charge in [-0.05, 0) is 18.2 Å². The third-order valence-corrected chi connectivity index (χ3v) is 4.16. The highest BCUT2D eigenvalue weighted by molar-refractivity contribution is 7.89. The maximum absolute atomic E-state index is 12.0. The van der Waals surface area contributed by atoms with Crippen LogP contribution in [0.15, 0.2) is 53.4 Å². The molecule has 2 aromatic rings. The van der Waals surface area contributed by atoms with Crippen LogP contribution in [0, 0.1) is 0 Å². The Kier molecular flexibility index (Phi) is 5.15. The van der Waals surface area contributed by atoms with E-state index in [1.54, 1.807) is 30.3 Å². The molecule has 0 amide bonds. The first-order valence-corrected chi connectivity index (χ1v) is 8.29. The Morgan fingerprint density at radius 2 is 1.74 bits per heavy atom. The van der Waals surface area contributed by atoms with Crippen molar-refractivity contribution in [3.63, 3.8) is 0 Å². The van der Waals surface area contributed by atoms with Crippen LogP contribution in [-0.4, -0.2) is 26.8 Å². The summed E-state index contributed by atoms with van der Waals surface area (Å²) < 4.78 is 27.5. The van der Waals surface area contributed by atoms with Crippen molar-refractivity contribution in [3.8, 4) is 0 Å². The number of hydrogen-bond acceptors (Lipinski definition) is 5. The number of carbonyl (C=O) groups is 2. The molecule has 0 atom stereocenters. The summed E-state index contributed by atoms with van der Waals surface area (Å²) in [5, 5.41) is 4.99. The summed E-state index contributed by atoms with van der Waals surface area (Å²) in [5.41, 5.74) is 0.212. The molecule has 2 aromatic carbocycles. The van der Waals surface area contributed by atoms with E-state index >= 15 is 0 Å². The van der Waals surface area contributed by atoms with Crippen LogP contribution < -0.4 is 5.14 Å². The molecule has 0 bridgehead atoms. The minimum Gasteiger partial charge on any atom is -0.454 e. The third-order valence-electron chi connectivity index (χ3n) is 2.92. The van der Waals surface area contributed by atoms with E-state index in [1.165, 1.54) is 12.1 Å². The highest BCUT2D eigenvalue weighted by atomic mass is 35.5. The minimum absolute atomic E-state index is 0.00504. The minimum atomic E-state index is -3.98. The molecule has 0 saturated carbocycles. The van der Waals surface area contributed by atoms with Gasteiger partial charge >= 0.3 is 5.97 Å². The Bertz CT molecular complexity index is 849. The van der Waals surface area contributed by atoms with Crippen LogP contribution in [0.2, 0.25) is 5.02 Å². The number of hydrogen-bond donors (Lipinski definition) is 1. The summed E-state index contributed by atoms with van der Waals surface area (Å²) in [6, 6.07) is 11.7. The smallest absolute Gasteiger partial charge is 0.340 e. The van der Waals surface area contributed by atoms with Crippen LogP contribution in [0.25, 0.3) is 0 Å². The number of halogens is 1.